The van der Waals surface area contributed by atoms with Crippen molar-refractivity contribution in [2.24, 2.45) is 0 Å². The van der Waals surface area contributed by atoms with Gasteiger partial charge < -0.3 is 10.6 Å². The number of carbonyl (C=O) groups excluding carboxylic acids is 1. The van der Waals surface area contributed by atoms with Gasteiger partial charge in [0.15, 0.2) is 0 Å². The molecule has 1 heterocycles. The number of nitrogens with one attached hydrogen (secondary N) is 2. The molecule has 1 amide bonds. The lowest BCUT2D eigenvalue weighted by molar-refractivity contribution is -0.112. The van der Waals surface area contributed by atoms with Crippen LogP contribution in [0.3, 0.4) is 0 Å². The zero-order valence-electron chi connectivity index (χ0n) is 9.31. The molecule has 0 aliphatic carbocycles. The predicted octanol–water partition coefficient (Wildman–Crippen LogP) is 2.34. The molecule has 0 spiro atoms. The Labute approximate surface area is 104 Å². The number of amides is 1. The number of hydrogen-bond donors (Lipinski definition) is 2. The fraction of sp³-hybridized carbons (Fsp3) is 0.250. The first-order chi connectivity index (χ1) is 8.08. The number of halogens is 2. The van der Waals surface area contributed by atoms with Gasteiger partial charge in [-0.2, -0.15) is 0 Å². The third-order valence-electron chi connectivity index (χ3n) is 2.73. The number of hydrogen-bond acceptors (Lipinski definition) is 2. The summed E-state index contributed by atoms with van der Waals surface area (Å²) in [5.41, 5.74) is 2.19. The van der Waals surface area contributed by atoms with E-state index in [-0.39, 0.29) is 10.9 Å². The molecule has 3 nitrogen and oxygen atoms in total. The lowest BCUT2D eigenvalue weighted by atomic mass is 10.0. The van der Waals surface area contributed by atoms with Crippen LogP contribution in [-0.2, 0) is 4.79 Å². The Balaban J connectivity index is 2.13. The SMILES string of the molecule is CC(C(=O)Nc1ccc(F)cc1Cl)=C1CNC1. The topological polar surface area (TPSA) is 41.1 Å². The summed E-state index contributed by atoms with van der Waals surface area (Å²) in [4.78, 5) is 11.8. The first-order valence-corrected chi connectivity index (χ1v) is 5.61. The predicted molar refractivity (Wildman–Crippen MR) is 65.6 cm³/mol. The molecule has 1 aromatic rings. The fourth-order valence-electron chi connectivity index (χ4n) is 1.48. The molecular formula is C12H12ClFN2O. The maximum Gasteiger partial charge on any atom is 0.251 e. The van der Waals surface area contributed by atoms with E-state index in [1.807, 2.05) is 0 Å². The Bertz CT molecular complexity index is 493. The van der Waals surface area contributed by atoms with E-state index in [4.69, 9.17) is 11.6 Å². The summed E-state index contributed by atoms with van der Waals surface area (Å²) in [7, 11) is 0. The zero-order chi connectivity index (χ0) is 12.4. The van der Waals surface area contributed by atoms with Gasteiger partial charge in [-0.15, -0.1) is 0 Å². The molecule has 1 saturated heterocycles. The molecule has 0 unspecified atom stereocenters. The van der Waals surface area contributed by atoms with Crippen LogP contribution in [0.15, 0.2) is 29.3 Å². The monoisotopic (exact) mass is 254 g/mol. The lowest BCUT2D eigenvalue weighted by Crippen LogP contribution is -2.36. The van der Waals surface area contributed by atoms with Gasteiger partial charge in [0.05, 0.1) is 10.7 Å². The van der Waals surface area contributed by atoms with Crippen molar-refractivity contribution in [1.82, 2.24) is 5.32 Å². The van der Waals surface area contributed by atoms with Crippen LogP contribution < -0.4 is 10.6 Å². The Hall–Kier alpha value is -1.39. The van der Waals surface area contributed by atoms with Gasteiger partial charge in [0.1, 0.15) is 5.82 Å². The van der Waals surface area contributed by atoms with Gasteiger partial charge >= 0.3 is 0 Å². The number of rotatable bonds is 2. The molecule has 1 aromatic carbocycles. The summed E-state index contributed by atoms with van der Waals surface area (Å²) in [6.45, 7) is 3.26. The second kappa shape index (κ2) is 4.85. The summed E-state index contributed by atoms with van der Waals surface area (Å²) in [5, 5.41) is 5.93. The molecule has 1 aliphatic rings. The molecule has 1 fully saturated rings. The van der Waals surface area contributed by atoms with Crippen molar-refractivity contribution >= 4 is 23.2 Å². The van der Waals surface area contributed by atoms with Gasteiger partial charge in [0.2, 0.25) is 0 Å². The summed E-state index contributed by atoms with van der Waals surface area (Å²) >= 11 is 5.82. The molecule has 1 aliphatic heterocycles. The molecule has 5 heteroatoms. The largest absolute Gasteiger partial charge is 0.321 e. The molecule has 2 rings (SSSR count). The van der Waals surface area contributed by atoms with Gasteiger partial charge in [-0.05, 0) is 30.7 Å². The molecule has 0 saturated carbocycles. The Morgan fingerprint density at radius 2 is 2.18 bits per heavy atom. The van der Waals surface area contributed by atoms with Crippen LogP contribution in [0.25, 0.3) is 0 Å². The minimum absolute atomic E-state index is 0.197. The third-order valence-corrected chi connectivity index (χ3v) is 3.04. The van der Waals surface area contributed by atoms with Crippen LogP contribution in [0.4, 0.5) is 10.1 Å². The maximum atomic E-state index is 12.8. The molecule has 2 N–H and O–H groups in total. The normalized spacial score (nSPS) is 14.2. The van der Waals surface area contributed by atoms with Gasteiger partial charge in [-0.25, -0.2) is 4.39 Å². The highest BCUT2D eigenvalue weighted by molar-refractivity contribution is 6.33. The smallest absolute Gasteiger partial charge is 0.251 e. The van der Waals surface area contributed by atoms with E-state index < -0.39 is 5.82 Å². The van der Waals surface area contributed by atoms with Gasteiger partial charge in [-0.3, -0.25) is 4.79 Å². The van der Waals surface area contributed by atoms with Crippen LogP contribution in [0, 0.1) is 5.82 Å². The van der Waals surface area contributed by atoms with E-state index in [0.717, 1.165) is 18.7 Å². The van der Waals surface area contributed by atoms with E-state index >= 15 is 0 Å². The summed E-state index contributed by atoms with van der Waals surface area (Å²) < 4.78 is 12.8. The van der Waals surface area contributed by atoms with Gasteiger partial charge in [-0.1, -0.05) is 11.6 Å². The molecule has 0 radical (unpaired) electrons. The molecule has 0 atom stereocenters. The number of carbonyl (C=O) groups is 1. The van der Waals surface area contributed by atoms with Crippen molar-refractivity contribution in [3.05, 3.63) is 40.2 Å². The average molecular weight is 255 g/mol. The van der Waals surface area contributed by atoms with Crippen LogP contribution in [0.1, 0.15) is 6.92 Å². The number of benzene rings is 1. The van der Waals surface area contributed by atoms with Crippen molar-refractivity contribution in [1.29, 1.82) is 0 Å². The molecule has 0 bridgehead atoms. The van der Waals surface area contributed by atoms with E-state index in [1.54, 1.807) is 6.92 Å². The fourth-order valence-corrected chi connectivity index (χ4v) is 1.70. The molecule has 90 valence electrons. The molecule has 0 aromatic heterocycles. The summed E-state index contributed by atoms with van der Waals surface area (Å²) in [6, 6.07) is 3.88. The highest BCUT2D eigenvalue weighted by atomic mass is 35.5. The van der Waals surface area contributed by atoms with Gasteiger partial charge in [0, 0.05) is 18.7 Å². The first kappa shape index (κ1) is 12.1. The summed E-state index contributed by atoms with van der Waals surface area (Å²) in [5.74, 6) is -0.624. The van der Waals surface area contributed by atoms with Crippen LogP contribution in [0.2, 0.25) is 5.02 Å². The second-order valence-electron chi connectivity index (χ2n) is 3.91. The van der Waals surface area contributed by atoms with Crippen molar-refractivity contribution in [2.45, 2.75) is 6.92 Å². The Morgan fingerprint density at radius 1 is 1.47 bits per heavy atom. The first-order valence-electron chi connectivity index (χ1n) is 5.23. The highest BCUT2D eigenvalue weighted by Gasteiger charge is 2.16. The summed E-state index contributed by atoms with van der Waals surface area (Å²) in [6.07, 6.45) is 0. The second-order valence-corrected chi connectivity index (χ2v) is 4.32. The van der Waals surface area contributed by atoms with E-state index in [9.17, 15) is 9.18 Å². The lowest BCUT2D eigenvalue weighted by Gasteiger charge is -2.21. The molecule has 17 heavy (non-hydrogen) atoms. The van der Waals surface area contributed by atoms with Crippen LogP contribution in [-0.4, -0.2) is 19.0 Å². The van der Waals surface area contributed by atoms with Crippen molar-refractivity contribution in [3.8, 4) is 0 Å². The van der Waals surface area contributed by atoms with Crippen molar-refractivity contribution in [3.63, 3.8) is 0 Å². The Kier molecular flexibility index (Phi) is 3.45. The van der Waals surface area contributed by atoms with E-state index in [2.05, 4.69) is 10.6 Å². The maximum absolute atomic E-state index is 12.8. The third kappa shape index (κ3) is 2.65. The van der Waals surface area contributed by atoms with E-state index in [1.165, 1.54) is 18.2 Å². The molecular weight excluding hydrogens is 243 g/mol. The standard InChI is InChI=1S/C12H12ClFN2O/c1-7(8-5-15-6-8)12(17)16-11-3-2-9(14)4-10(11)13/h2-4,15H,5-6H2,1H3,(H,16,17). The highest BCUT2D eigenvalue weighted by Crippen LogP contribution is 2.23. The zero-order valence-corrected chi connectivity index (χ0v) is 10.1. The van der Waals surface area contributed by atoms with Crippen molar-refractivity contribution in [2.75, 3.05) is 18.4 Å². The van der Waals surface area contributed by atoms with Crippen molar-refractivity contribution < 1.29 is 9.18 Å². The van der Waals surface area contributed by atoms with Crippen LogP contribution in [0.5, 0.6) is 0 Å². The van der Waals surface area contributed by atoms with Crippen LogP contribution >= 0.6 is 11.6 Å². The van der Waals surface area contributed by atoms with E-state index in [0.29, 0.717) is 11.3 Å². The quantitative estimate of drug-likeness (QED) is 0.796. The minimum Gasteiger partial charge on any atom is -0.321 e. The van der Waals surface area contributed by atoms with Gasteiger partial charge in [0.25, 0.3) is 5.91 Å². The minimum atomic E-state index is -0.425. The average Bonchev–Trinajstić information content (AvgIpc) is 2.19. The Morgan fingerprint density at radius 3 is 2.71 bits per heavy atom. The number of anilines is 1.